The molecule has 0 aliphatic rings. The van der Waals surface area contributed by atoms with Crippen molar-refractivity contribution in [3.05, 3.63) is 48.6 Å². The Morgan fingerprint density at radius 2 is 2.06 bits per heavy atom. The highest BCUT2D eigenvalue weighted by Gasteiger charge is 1.89. The molecule has 0 fully saturated rings. The molecule has 0 saturated heterocycles. The number of benzene rings is 1. The van der Waals surface area contributed by atoms with Gasteiger partial charge in [0.05, 0.1) is 0 Å². The monoisotopic (exact) mass is 241 g/mol. The van der Waals surface area contributed by atoms with Crippen LogP contribution in [0.2, 0.25) is 0 Å². The maximum atomic E-state index is 10.2. The van der Waals surface area contributed by atoms with Gasteiger partial charge in [-0.2, -0.15) is 0 Å². The average molecular weight is 242 g/mol. The lowest BCUT2D eigenvalue weighted by Crippen LogP contribution is -2.11. The van der Waals surface area contributed by atoms with E-state index in [0.717, 1.165) is 6.08 Å². The second-order valence-corrected chi connectivity index (χ2v) is 3.05. The molecule has 3 nitrogen and oxygen atoms in total. The highest BCUT2D eigenvalue weighted by atomic mass is 35.5. The Morgan fingerprint density at radius 1 is 1.44 bits per heavy atom. The summed E-state index contributed by atoms with van der Waals surface area (Å²) in [6.45, 7) is 3.83. The van der Waals surface area contributed by atoms with Crippen LogP contribution in [0.25, 0.3) is 0 Å². The van der Waals surface area contributed by atoms with Crippen LogP contribution in [0.4, 0.5) is 0 Å². The number of carbonyl (C=O) groups excluding carboxylic acids is 1. The summed E-state index contributed by atoms with van der Waals surface area (Å²) in [4.78, 5) is 10.2. The van der Waals surface area contributed by atoms with Crippen molar-refractivity contribution >= 4 is 17.6 Å². The average Bonchev–Trinajstić information content (AvgIpc) is 2.37. The van der Waals surface area contributed by atoms with Crippen LogP contribution in [0.1, 0.15) is 5.56 Å². The van der Waals surface area contributed by atoms with Crippen LogP contribution >= 0.6 is 11.6 Å². The van der Waals surface area contributed by atoms with Gasteiger partial charge in [0, 0.05) is 18.5 Å². The Labute approximate surface area is 101 Å². The van der Waals surface area contributed by atoms with Gasteiger partial charge in [0.1, 0.15) is 6.61 Å². The third-order valence-corrected chi connectivity index (χ3v) is 1.83. The smallest absolute Gasteiger partial charge is 0.330 e. The number of esters is 1. The largest absolute Gasteiger partial charge is 0.461 e. The lowest BCUT2D eigenvalue weighted by Gasteiger charge is -1.94. The van der Waals surface area contributed by atoms with E-state index in [1.54, 1.807) is 0 Å². The fourth-order valence-electron chi connectivity index (χ4n) is 0.786. The van der Waals surface area contributed by atoms with E-state index in [1.807, 2.05) is 30.3 Å². The number of rotatable bonds is 4. The molecule has 0 spiro atoms. The molecule has 0 aliphatic carbocycles. The zero-order valence-corrected chi connectivity index (χ0v) is 9.82. The number of halogens is 1. The van der Waals surface area contributed by atoms with Gasteiger partial charge in [-0.3, -0.25) is 0 Å². The third-order valence-electron chi connectivity index (χ3n) is 1.53. The topological polar surface area (TPSA) is 52.3 Å². The minimum absolute atomic E-state index is 0.269. The van der Waals surface area contributed by atoms with Gasteiger partial charge in [0.25, 0.3) is 0 Å². The van der Waals surface area contributed by atoms with Crippen LogP contribution in [0.5, 0.6) is 0 Å². The summed E-state index contributed by atoms with van der Waals surface area (Å²) in [6, 6.07) is 9.96. The maximum absolute atomic E-state index is 10.2. The van der Waals surface area contributed by atoms with Gasteiger partial charge in [0.15, 0.2) is 0 Å². The van der Waals surface area contributed by atoms with Crippen molar-refractivity contribution < 1.29 is 9.53 Å². The Bertz CT molecular complexity index is 301. The molecule has 0 bridgehead atoms. The van der Waals surface area contributed by atoms with Crippen molar-refractivity contribution in [3.8, 4) is 0 Å². The van der Waals surface area contributed by atoms with Crippen molar-refractivity contribution in [1.29, 1.82) is 0 Å². The fourth-order valence-corrected chi connectivity index (χ4v) is 0.964. The third kappa shape index (κ3) is 8.03. The van der Waals surface area contributed by atoms with E-state index >= 15 is 0 Å². The first kappa shape index (κ1) is 14.7. The SMILES string of the molecule is C=CC(=O)OCCN.ClCc1ccccc1. The number of hydrogen-bond donors (Lipinski definition) is 1. The van der Waals surface area contributed by atoms with Crippen molar-refractivity contribution in [2.45, 2.75) is 5.88 Å². The first-order valence-corrected chi connectivity index (χ1v) is 5.37. The minimum atomic E-state index is -0.421. The van der Waals surface area contributed by atoms with Crippen LogP contribution in [0.3, 0.4) is 0 Å². The number of alkyl halides is 1. The lowest BCUT2D eigenvalue weighted by molar-refractivity contribution is -0.137. The summed E-state index contributed by atoms with van der Waals surface area (Å²) in [5.41, 5.74) is 6.20. The molecule has 0 radical (unpaired) electrons. The predicted octanol–water partition coefficient (Wildman–Crippen LogP) is 2.10. The standard InChI is InChI=1S/C7H7Cl.C5H9NO2/c8-6-7-4-2-1-3-5-7;1-2-5(7)8-4-3-6/h1-5H,6H2;2H,1,3-4,6H2. The second kappa shape index (κ2) is 10.2. The van der Waals surface area contributed by atoms with E-state index in [-0.39, 0.29) is 6.61 Å². The molecule has 1 aromatic carbocycles. The summed E-state index contributed by atoms with van der Waals surface area (Å²) in [6.07, 6.45) is 1.11. The number of ether oxygens (including phenoxy) is 1. The molecule has 1 rings (SSSR count). The molecule has 0 aliphatic heterocycles. The van der Waals surface area contributed by atoms with Gasteiger partial charge in [-0.25, -0.2) is 4.79 Å². The van der Waals surface area contributed by atoms with Crippen LogP contribution in [-0.4, -0.2) is 19.1 Å². The predicted molar refractivity (Wildman–Crippen MR) is 66.2 cm³/mol. The molecule has 1 aromatic rings. The van der Waals surface area contributed by atoms with E-state index in [2.05, 4.69) is 11.3 Å². The van der Waals surface area contributed by atoms with Crippen molar-refractivity contribution in [3.63, 3.8) is 0 Å². The molecular formula is C12H16ClNO2. The lowest BCUT2D eigenvalue weighted by atomic mass is 10.2. The van der Waals surface area contributed by atoms with Crippen molar-refractivity contribution in [2.75, 3.05) is 13.2 Å². The van der Waals surface area contributed by atoms with E-state index in [9.17, 15) is 4.79 Å². The molecule has 0 heterocycles. The van der Waals surface area contributed by atoms with Gasteiger partial charge in [-0.15, -0.1) is 11.6 Å². The Balaban J connectivity index is 0.000000281. The number of nitrogens with two attached hydrogens (primary N) is 1. The van der Waals surface area contributed by atoms with Crippen LogP contribution < -0.4 is 5.73 Å². The molecule has 88 valence electrons. The van der Waals surface area contributed by atoms with Gasteiger partial charge in [-0.05, 0) is 5.56 Å². The highest BCUT2D eigenvalue weighted by molar-refractivity contribution is 6.17. The summed E-state index contributed by atoms with van der Waals surface area (Å²) < 4.78 is 4.46. The number of hydrogen-bond acceptors (Lipinski definition) is 3. The molecule has 4 heteroatoms. The Morgan fingerprint density at radius 3 is 2.44 bits per heavy atom. The van der Waals surface area contributed by atoms with Crippen LogP contribution in [-0.2, 0) is 15.4 Å². The zero-order chi connectivity index (χ0) is 12.2. The van der Waals surface area contributed by atoms with E-state index in [4.69, 9.17) is 17.3 Å². The molecule has 2 N–H and O–H groups in total. The Kier molecular flexibility index (Phi) is 9.36. The van der Waals surface area contributed by atoms with Crippen LogP contribution in [0.15, 0.2) is 43.0 Å². The number of carbonyl (C=O) groups is 1. The summed E-state index contributed by atoms with van der Waals surface area (Å²) in [7, 11) is 0. The molecule has 0 atom stereocenters. The summed E-state index contributed by atoms with van der Waals surface area (Å²) >= 11 is 5.53. The quantitative estimate of drug-likeness (QED) is 0.499. The van der Waals surface area contributed by atoms with Gasteiger partial charge in [0.2, 0.25) is 0 Å². The fraction of sp³-hybridized carbons (Fsp3) is 0.250. The molecule has 0 unspecified atom stereocenters. The highest BCUT2D eigenvalue weighted by Crippen LogP contribution is 2.00. The van der Waals surface area contributed by atoms with E-state index in [0.29, 0.717) is 12.4 Å². The van der Waals surface area contributed by atoms with Crippen molar-refractivity contribution in [2.24, 2.45) is 5.73 Å². The minimum Gasteiger partial charge on any atom is -0.461 e. The zero-order valence-electron chi connectivity index (χ0n) is 9.06. The van der Waals surface area contributed by atoms with Crippen molar-refractivity contribution in [1.82, 2.24) is 0 Å². The first-order chi connectivity index (χ1) is 7.74. The van der Waals surface area contributed by atoms with E-state index in [1.165, 1.54) is 5.56 Å². The first-order valence-electron chi connectivity index (χ1n) is 4.83. The normalized spacial score (nSPS) is 8.62. The summed E-state index contributed by atoms with van der Waals surface area (Å²) in [5.74, 6) is 0.191. The van der Waals surface area contributed by atoms with Gasteiger partial charge < -0.3 is 10.5 Å². The van der Waals surface area contributed by atoms with Gasteiger partial charge >= 0.3 is 5.97 Å². The molecule has 0 aromatic heterocycles. The molecule has 0 saturated carbocycles. The summed E-state index contributed by atoms with van der Waals surface area (Å²) in [5, 5.41) is 0. The molecular weight excluding hydrogens is 226 g/mol. The second-order valence-electron chi connectivity index (χ2n) is 2.78. The maximum Gasteiger partial charge on any atom is 0.330 e. The molecule has 0 amide bonds. The molecule has 16 heavy (non-hydrogen) atoms. The van der Waals surface area contributed by atoms with Crippen LogP contribution in [0, 0.1) is 0 Å². The Hall–Kier alpha value is -1.32. The van der Waals surface area contributed by atoms with Gasteiger partial charge in [-0.1, -0.05) is 36.9 Å². The van der Waals surface area contributed by atoms with E-state index < -0.39 is 5.97 Å².